The third-order valence-electron chi connectivity index (χ3n) is 2.79. The monoisotopic (exact) mass is 187 g/mol. The zero-order valence-electron chi connectivity index (χ0n) is 8.20. The molecular formula is C11H13N3. The van der Waals surface area contributed by atoms with Crippen LogP contribution in [-0.2, 0) is 0 Å². The van der Waals surface area contributed by atoms with Crippen molar-refractivity contribution in [1.29, 1.82) is 0 Å². The highest BCUT2D eigenvalue weighted by Crippen LogP contribution is 2.41. The van der Waals surface area contributed by atoms with Crippen molar-refractivity contribution in [3.8, 4) is 0 Å². The van der Waals surface area contributed by atoms with Gasteiger partial charge in [0.2, 0.25) is 0 Å². The second-order valence-electron chi connectivity index (χ2n) is 3.84. The lowest BCUT2D eigenvalue weighted by Gasteiger charge is -1.99. The summed E-state index contributed by atoms with van der Waals surface area (Å²) in [5, 5.41) is 3.07. The van der Waals surface area contributed by atoms with Crippen LogP contribution in [0, 0.1) is 0 Å². The number of nitrogens with zero attached hydrogens (tertiary/aromatic N) is 2. The Labute approximate surface area is 82.8 Å². The second-order valence-corrected chi connectivity index (χ2v) is 3.84. The van der Waals surface area contributed by atoms with Crippen molar-refractivity contribution in [3.05, 3.63) is 30.1 Å². The molecule has 0 saturated heterocycles. The Morgan fingerprint density at radius 1 is 1.50 bits per heavy atom. The third kappa shape index (κ3) is 1.09. The molecule has 14 heavy (non-hydrogen) atoms. The predicted octanol–water partition coefficient (Wildman–Crippen LogP) is 2.25. The smallest absolute Gasteiger partial charge is 0.145 e. The number of pyridine rings is 1. The molecule has 0 radical (unpaired) electrons. The van der Waals surface area contributed by atoms with Gasteiger partial charge in [0.1, 0.15) is 11.5 Å². The van der Waals surface area contributed by atoms with Crippen molar-refractivity contribution in [2.24, 2.45) is 0 Å². The standard InChI is InChI=1S/C11H13N3/c1-12-10-7-14-6-2-3-9(8-4-5-8)11(14)13-10/h2-3,6-8,12H,4-5H2,1H3. The average molecular weight is 187 g/mol. The average Bonchev–Trinajstić information content (AvgIpc) is 2.96. The SMILES string of the molecule is CNc1cn2cccc(C3CC3)c2n1. The molecule has 0 aliphatic heterocycles. The van der Waals surface area contributed by atoms with E-state index in [1.807, 2.05) is 13.2 Å². The van der Waals surface area contributed by atoms with Gasteiger partial charge in [0.15, 0.2) is 0 Å². The lowest BCUT2D eigenvalue weighted by molar-refractivity contribution is 1.08. The van der Waals surface area contributed by atoms with Crippen LogP contribution in [0.3, 0.4) is 0 Å². The van der Waals surface area contributed by atoms with Gasteiger partial charge in [-0.05, 0) is 30.4 Å². The van der Waals surface area contributed by atoms with Crippen LogP contribution < -0.4 is 5.32 Å². The summed E-state index contributed by atoms with van der Waals surface area (Å²) in [6.07, 6.45) is 6.72. The topological polar surface area (TPSA) is 29.3 Å². The van der Waals surface area contributed by atoms with Crippen LogP contribution >= 0.6 is 0 Å². The first-order chi connectivity index (χ1) is 6.88. The Bertz CT molecular complexity index is 468. The quantitative estimate of drug-likeness (QED) is 0.781. The summed E-state index contributed by atoms with van der Waals surface area (Å²) in [5.41, 5.74) is 2.51. The molecule has 0 aromatic carbocycles. The molecule has 2 heterocycles. The lowest BCUT2D eigenvalue weighted by Crippen LogP contribution is -1.88. The summed E-state index contributed by atoms with van der Waals surface area (Å²) < 4.78 is 2.10. The van der Waals surface area contributed by atoms with Gasteiger partial charge in [0.25, 0.3) is 0 Å². The Balaban J connectivity index is 2.23. The summed E-state index contributed by atoms with van der Waals surface area (Å²) in [7, 11) is 1.90. The van der Waals surface area contributed by atoms with Crippen molar-refractivity contribution in [1.82, 2.24) is 9.38 Å². The number of imidazole rings is 1. The summed E-state index contributed by atoms with van der Waals surface area (Å²) in [4.78, 5) is 4.54. The minimum atomic E-state index is 0.755. The van der Waals surface area contributed by atoms with Crippen molar-refractivity contribution >= 4 is 11.5 Å². The zero-order chi connectivity index (χ0) is 9.54. The fraction of sp³-hybridized carbons (Fsp3) is 0.364. The van der Waals surface area contributed by atoms with Gasteiger partial charge < -0.3 is 9.72 Å². The molecule has 72 valence electrons. The van der Waals surface area contributed by atoms with E-state index in [1.54, 1.807) is 0 Å². The van der Waals surface area contributed by atoms with E-state index >= 15 is 0 Å². The van der Waals surface area contributed by atoms with Gasteiger partial charge in [-0.15, -0.1) is 0 Å². The highest BCUT2D eigenvalue weighted by molar-refractivity contribution is 5.56. The Morgan fingerprint density at radius 3 is 3.07 bits per heavy atom. The van der Waals surface area contributed by atoms with E-state index in [-0.39, 0.29) is 0 Å². The van der Waals surface area contributed by atoms with Crippen LogP contribution in [0.2, 0.25) is 0 Å². The number of anilines is 1. The molecular weight excluding hydrogens is 174 g/mol. The van der Waals surface area contributed by atoms with Gasteiger partial charge in [0, 0.05) is 13.2 Å². The molecule has 0 bridgehead atoms. The number of hydrogen-bond donors (Lipinski definition) is 1. The Kier molecular flexibility index (Phi) is 1.54. The van der Waals surface area contributed by atoms with Gasteiger partial charge in [0.05, 0.1) is 6.20 Å². The minimum absolute atomic E-state index is 0.755. The highest BCUT2D eigenvalue weighted by atomic mass is 15.1. The first kappa shape index (κ1) is 7.85. The first-order valence-electron chi connectivity index (χ1n) is 5.04. The third-order valence-corrected chi connectivity index (χ3v) is 2.79. The van der Waals surface area contributed by atoms with E-state index in [2.05, 4.69) is 33.0 Å². The molecule has 1 fully saturated rings. The molecule has 3 heteroatoms. The molecule has 0 unspecified atom stereocenters. The fourth-order valence-electron chi connectivity index (χ4n) is 1.87. The molecule has 0 spiro atoms. The van der Waals surface area contributed by atoms with Gasteiger partial charge in [-0.1, -0.05) is 6.07 Å². The van der Waals surface area contributed by atoms with Crippen molar-refractivity contribution in [3.63, 3.8) is 0 Å². The lowest BCUT2D eigenvalue weighted by atomic mass is 10.2. The summed E-state index contributed by atoms with van der Waals surface area (Å²) in [6.45, 7) is 0. The minimum Gasteiger partial charge on any atom is -0.372 e. The Morgan fingerprint density at radius 2 is 2.36 bits per heavy atom. The molecule has 1 aliphatic rings. The highest BCUT2D eigenvalue weighted by Gasteiger charge is 2.26. The van der Waals surface area contributed by atoms with E-state index in [1.165, 1.54) is 18.4 Å². The van der Waals surface area contributed by atoms with Crippen LogP contribution in [0.5, 0.6) is 0 Å². The molecule has 0 amide bonds. The summed E-state index contributed by atoms with van der Waals surface area (Å²) >= 11 is 0. The molecule has 1 aliphatic carbocycles. The molecule has 2 aromatic rings. The van der Waals surface area contributed by atoms with Crippen LogP contribution in [0.15, 0.2) is 24.5 Å². The zero-order valence-corrected chi connectivity index (χ0v) is 8.20. The van der Waals surface area contributed by atoms with Crippen LogP contribution in [-0.4, -0.2) is 16.4 Å². The molecule has 0 atom stereocenters. The van der Waals surface area contributed by atoms with Gasteiger partial charge >= 0.3 is 0 Å². The van der Waals surface area contributed by atoms with Gasteiger partial charge in [-0.3, -0.25) is 0 Å². The molecule has 2 aromatic heterocycles. The maximum atomic E-state index is 4.54. The number of fused-ring (bicyclic) bond motifs is 1. The normalized spacial score (nSPS) is 16.1. The van der Waals surface area contributed by atoms with Crippen LogP contribution in [0.1, 0.15) is 24.3 Å². The van der Waals surface area contributed by atoms with Gasteiger partial charge in [-0.2, -0.15) is 0 Å². The second kappa shape index (κ2) is 2.74. The van der Waals surface area contributed by atoms with Crippen molar-refractivity contribution < 1.29 is 0 Å². The van der Waals surface area contributed by atoms with Crippen LogP contribution in [0.25, 0.3) is 5.65 Å². The number of rotatable bonds is 2. The summed E-state index contributed by atoms with van der Waals surface area (Å²) in [5.74, 6) is 1.70. The predicted molar refractivity (Wildman–Crippen MR) is 56.7 cm³/mol. The molecule has 3 nitrogen and oxygen atoms in total. The van der Waals surface area contributed by atoms with E-state index in [0.29, 0.717) is 0 Å². The molecule has 3 rings (SSSR count). The maximum absolute atomic E-state index is 4.54. The van der Waals surface area contributed by atoms with E-state index in [9.17, 15) is 0 Å². The molecule has 1 N–H and O–H groups in total. The van der Waals surface area contributed by atoms with E-state index < -0.39 is 0 Å². The van der Waals surface area contributed by atoms with Gasteiger partial charge in [-0.25, -0.2) is 4.98 Å². The fourth-order valence-corrected chi connectivity index (χ4v) is 1.87. The number of hydrogen-bond acceptors (Lipinski definition) is 2. The Hall–Kier alpha value is -1.51. The number of aromatic nitrogens is 2. The van der Waals surface area contributed by atoms with E-state index in [4.69, 9.17) is 0 Å². The van der Waals surface area contributed by atoms with Crippen molar-refractivity contribution in [2.45, 2.75) is 18.8 Å². The number of nitrogens with one attached hydrogen (secondary N) is 1. The molecule has 1 saturated carbocycles. The van der Waals surface area contributed by atoms with E-state index in [0.717, 1.165) is 17.4 Å². The van der Waals surface area contributed by atoms with Crippen LogP contribution in [0.4, 0.5) is 5.82 Å². The van der Waals surface area contributed by atoms with Crippen molar-refractivity contribution in [2.75, 3.05) is 12.4 Å². The first-order valence-corrected chi connectivity index (χ1v) is 5.04. The summed E-state index contributed by atoms with van der Waals surface area (Å²) in [6, 6.07) is 4.29. The maximum Gasteiger partial charge on any atom is 0.145 e. The largest absolute Gasteiger partial charge is 0.372 e.